The van der Waals surface area contributed by atoms with Crippen LogP contribution >= 0.6 is 0 Å². The van der Waals surface area contributed by atoms with E-state index < -0.39 is 0 Å². The van der Waals surface area contributed by atoms with Crippen molar-refractivity contribution in [1.82, 2.24) is 9.47 Å². The second-order valence-electron chi connectivity index (χ2n) is 9.71. The number of nitriles is 1. The van der Waals surface area contributed by atoms with E-state index in [1.165, 1.54) is 27.7 Å². The van der Waals surface area contributed by atoms with Crippen molar-refractivity contribution >= 4 is 16.9 Å². The number of para-hydroxylation sites is 1. The van der Waals surface area contributed by atoms with Crippen LogP contribution in [0.25, 0.3) is 10.9 Å². The molecule has 5 nitrogen and oxygen atoms in total. The lowest BCUT2D eigenvalue weighted by atomic mass is 9.66. The topological polar surface area (TPSA) is 58.3 Å². The normalized spacial score (nSPS) is 24.9. The third-order valence-corrected chi connectivity index (χ3v) is 8.09. The van der Waals surface area contributed by atoms with Crippen LogP contribution < -0.4 is 0 Å². The maximum absolute atomic E-state index is 12.9. The number of aryl methyl sites for hydroxylation is 1. The van der Waals surface area contributed by atoms with Crippen molar-refractivity contribution in [3.8, 4) is 6.07 Å². The summed E-state index contributed by atoms with van der Waals surface area (Å²) in [6, 6.07) is 22.0. The lowest BCUT2D eigenvalue weighted by Gasteiger charge is -2.52. The summed E-state index contributed by atoms with van der Waals surface area (Å²) in [5, 5.41) is 11.7. The van der Waals surface area contributed by atoms with Gasteiger partial charge in [-0.2, -0.15) is 5.26 Å². The van der Waals surface area contributed by atoms with Crippen LogP contribution in [0, 0.1) is 29.1 Å². The molecule has 5 rings (SSSR count). The Balaban J connectivity index is 1.63. The van der Waals surface area contributed by atoms with Gasteiger partial charge in [-0.3, -0.25) is 9.69 Å². The van der Waals surface area contributed by atoms with Crippen LogP contribution in [0.5, 0.6) is 0 Å². The Morgan fingerprint density at radius 1 is 1.15 bits per heavy atom. The molecule has 5 heteroatoms. The largest absolute Gasteiger partial charge is 0.466 e. The zero-order valence-corrected chi connectivity index (χ0v) is 20.3. The van der Waals surface area contributed by atoms with E-state index in [0.717, 1.165) is 19.4 Å². The molecule has 1 aromatic heterocycles. The summed E-state index contributed by atoms with van der Waals surface area (Å²) >= 11 is 0. The third kappa shape index (κ3) is 3.61. The predicted octanol–water partition coefficient (Wildman–Crippen LogP) is 5.40. The van der Waals surface area contributed by atoms with Crippen LogP contribution in [0.2, 0.25) is 0 Å². The number of carbonyl (C=O) groups is 1. The van der Waals surface area contributed by atoms with Gasteiger partial charge in [-0.25, -0.2) is 0 Å². The maximum Gasteiger partial charge on any atom is 0.309 e. The Bertz CT molecular complexity index is 1230. The number of nitrogens with zero attached hydrogens (tertiary/aromatic N) is 3. The fourth-order valence-corrected chi connectivity index (χ4v) is 6.63. The first-order valence-electron chi connectivity index (χ1n) is 12.5. The fraction of sp³-hybridized carbons (Fsp3) is 0.448. The van der Waals surface area contributed by atoms with Gasteiger partial charge in [0, 0.05) is 36.2 Å². The average molecular weight is 456 g/mol. The van der Waals surface area contributed by atoms with Gasteiger partial charge in [-0.15, -0.1) is 0 Å². The van der Waals surface area contributed by atoms with Gasteiger partial charge >= 0.3 is 5.97 Å². The molecule has 2 aliphatic heterocycles. The number of hydrogen-bond donors (Lipinski definition) is 0. The highest BCUT2D eigenvalue weighted by Gasteiger charge is 2.51. The Kier molecular flexibility index (Phi) is 6.18. The van der Waals surface area contributed by atoms with E-state index in [1.807, 2.05) is 19.9 Å². The molecule has 0 amide bonds. The number of fused-ring (bicyclic) bond motifs is 6. The number of rotatable bonds is 6. The van der Waals surface area contributed by atoms with Crippen LogP contribution in [-0.4, -0.2) is 28.1 Å². The van der Waals surface area contributed by atoms with E-state index in [1.54, 1.807) is 0 Å². The van der Waals surface area contributed by atoms with E-state index in [2.05, 4.69) is 71.1 Å². The molecule has 2 bridgehead atoms. The quantitative estimate of drug-likeness (QED) is 0.467. The molecule has 176 valence electrons. The van der Waals surface area contributed by atoms with Crippen LogP contribution in [0.15, 0.2) is 54.6 Å². The Labute approximate surface area is 201 Å². The second kappa shape index (κ2) is 9.27. The summed E-state index contributed by atoms with van der Waals surface area (Å²) in [5.74, 6) is -0.629. The summed E-state index contributed by atoms with van der Waals surface area (Å²) in [5.41, 5.74) is 5.21. The van der Waals surface area contributed by atoms with Crippen molar-refractivity contribution in [2.75, 3.05) is 6.61 Å². The number of ether oxygens (including phenoxy) is 1. The summed E-state index contributed by atoms with van der Waals surface area (Å²) in [7, 11) is 2.16. The Morgan fingerprint density at radius 2 is 1.88 bits per heavy atom. The SMILES string of the molecule is CCOC(=O)C(CC)[C@@H]1C[C@H]2c3c(c4ccccc4n3C)C[C@@H]([C@H]1C#N)N2Cc1ccccc1. The maximum atomic E-state index is 12.9. The van der Waals surface area contributed by atoms with Crippen molar-refractivity contribution in [2.24, 2.45) is 24.8 Å². The van der Waals surface area contributed by atoms with Gasteiger partial charge < -0.3 is 9.30 Å². The molecule has 0 aliphatic carbocycles. The summed E-state index contributed by atoms with van der Waals surface area (Å²) < 4.78 is 7.81. The van der Waals surface area contributed by atoms with Gasteiger partial charge in [0.1, 0.15) is 0 Å². The molecule has 3 heterocycles. The first-order valence-corrected chi connectivity index (χ1v) is 12.5. The van der Waals surface area contributed by atoms with Crippen molar-refractivity contribution in [1.29, 1.82) is 5.26 Å². The molecule has 1 saturated heterocycles. The zero-order valence-electron chi connectivity index (χ0n) is 20.3. The van der Waals surface area contributed by atoms with Crippen LogP contribution in [0.4, 0.5) is 0 Å². The summed E-state index contributed by atoms with van der Waals surface area (Å²) in [6.07, 6.45) is 2.31. The standard InChI is InChI=1S/C29H33N3O2/c1-4-20(29(33)34-5-2)22-15-27-28-23(21-13-9-10-14-25(21)31(28)3)16-26(24(22)17-30)32(27)18-19-11-7-6-8-12-19/h6-14,20,22,24,26-27H,4-5,15-16,18H2,1-3H3/t20?,22-,24-,26-,27-/m0/s1. The number of aromatic nitrogens is 1. The van der Waals surface area contributed by atoms with Crippen LogP contribution in [0.1, 0.15) is 49.6 Å². The molecule has 0 saturated carbocycles. The Hall–Kier alpha value is -3.10. The number of hydrogen-bond acceptors (Lipinski definition) is 4. The molecule has 34 heavy (non-hydrogen) atoms. The molecule has 0 spiro atoms. The smallest absolute Gasteiger partial charge is 0.309 e. The predicted molar refractivity (Wildman–Crippen MR) is 133 cm³/mol. The molecule has 2 aromatic carbocycles. The molecule has 3 aromatic rings. The number of esters is 1. The minimum Gasteiger partial charge on any atom is -0.466 e. The van der Waals surface area contributed by atoms with E-state index in [9.17, 15) is 10.1 Å². The number of carbonyl (C=O) groups excluding carboxylic acids is 1. The lowest BCUT2D eigenvalue weighted by Crippen LogP contribution is -2.55. The average Bonchev–Trinajstić information content (AvgIpc) is 3.13. The van der Waals surface area contributed by atoms with Gasteiger partial charge in [0.2, 0.25) is 0 Å². The van der Waals surface area contributed by atoms with Gasteiger partial charge in [0.25, 0.3) is 0 Å². The van der Waals surface area contributed by atoms with E-state index in [-0.39, 0.29) is 35.8 Å². The highest BCUT2D eigenvalue weighted by molar-refractivity contribution is 5.86. The second-order valence-corrected chi connectivity index (χ2v) is 9.71. The number of benzene rings is 2. The number of piperidine rings is 1. The molecular weight excluding hydrogens is 422 g/mol. The molecule has 0 N–H and O–H groups in total. The van der Waals surface area contributed by atoms with Crippen LogP contribution in [-0.2, 0) is 29.5 Å². The lowest BCUT2D eigenvalue weighted by molar-refractivity contribution is -0.153. The highest BCUT2D eigenvalue weighted by Crippen LogP contribution is 2.51. The summed E-state index contributed by atoms with van der Waals surface area (Å²) in [4.78, 5) is 15.5. The molecule has 5 atom stereocenters. The molecule has 1 unspecified atom stereocenters. The van der Waals surface area contributed by atoms with E-state index in [0.29, 0.717) is 13.0 Å². The Morgan fingerprint density at radius 3 is 2.59 bits per heavy atom. The first kappa shape index (κ1) is 22.7. The zero-order chi connectivity index (χ0) is 23.8. The van der Waals surface area contributed by atoms with Crippen LogP contribution in [0.3, 0.4) is 0 Å². The highest BCUT2D eigenvalue weighted by atomic mass is 16.5. The van der Waals surface area contributed by atoms with Crippen molar-refractivity contribution in [3.63, 3.8) is 0 Å². The van der Waals surface area contributed by atoms with Gasteiger partial charge in [-0.1, -0.05) is 55.5 Å². The fourth-order valence-electron chi connectivity index (χ4n) is 6.63. The molecular formula is C29H33N3O2. The van der Waals surface area contributed by atoms with Gasteiger partial charge in [0.15, 0.2) is 0 Å². The third-order valence-electron chi connectivity index (χ3n) is 8.09. The minimum absolute atomic E-state index is 0.0118. The minimum atomic E-state index is -0.246. The molecule has 0 radical (unpaired) electrons. The summed E-state index contributed by atoms with van der Waals surface area (Å²) in [6.45, 7) is 5.08. The van der Waals surface area contributed by atoms with Gasteiger partial charge in [-0.05, 0) is 49.3 Å². The molecule has 2 aliphatic rings. The van der Waals surface area contributed by atoms with Crippen molar-refractivity contribution < 1.29 is 9.53 Å². The monoisotopic (exact) mass is 455 g/mol. The van der Waals surface area contributed by atoms with Gasteiger partial charge in [0.05, 0.1) is 30.6 Å². The molecule has 1 fully saturated rings. The van der Waals surface area contributed by atoms with E-state index >= 15 is 0 Å². The van der Waals surface area contributed by atoms with E-state index in [4.69, 9.17) is 4.74 Å². The first-order chi connectivity index (χ1) is 16.6. The van der Waals surface area contributed by atoms with Crippen molar-refractivity contribution in [2.45, 2.75) is 51.7 Å². The van der Waals surface area contributed by atoms with Crippen molar-refractivity contribution in [3.05, 3.63) is 71.4 Å².